The third-order valence-electron chi connectivity index (χ3n) is 9.88. The second-order valence-corrected chi connectivity index (χ2v) is 16.9. The van der Waals surface area contributed by atoms with E-state index in [1.54, 1.807) is 12.1 Å². The number of azide groups is 1. The number of hydrogen-bond acceptors (Lipinski definition) is 20. The second kappa shape index (κ2) is 17.4. The average Bonchev–Trinajstić information content (AvgIpc) is 3.86. The molecule has 0 bridgehead atoms. The van der Waals surface area contributed by atoms with Crippen molar-refractivity contribution in [2.24, 2.45) is 5.11 Å². The lowest BCUT2D eigenvalue weighted by molar-refractivity contribution is -0.166. The van der Waals surface area contributed by atoms with E-state index in [-0.39, 0.29) is 42.4 Å². The molecule has 3 aliphatic heterocycles. The van der Waals surface area contributed by atoms with Crippen molar-refractivity contribution in [3.05, 3.63) is 75.7 Å². The summed E-state index contributed by atoms with van der Waals surface area (Å²) in [5.74, 6) is -1.24. The molecule has 30 heteroatoms. The number of phosphoric ester groups is 1. The van der Waals surface area contributed by atoms with Crippen molar-refractivity contribution in [1.29, 1.82) is 0 Å². The van der Waals surface area contributed by atoms with Crippen molar-refractivity contribution in [3.8, 4) is 0 Å². The number of anilines is 2. The molecular formula is C31H36N12O16P2. The molecule has 28 nitrogen and oxygen atoms in total. The fourth-order valence-corrected chi connectivity index (χ4v) is 8.83. The van der Waals surface area contributed by atoms with Crippen LogP contribution in [0.2, 0.25) is 0 Å². The highest BCUT2D eigenvalue weighted by atomic mass is 31.2. The van der Waals surface area contributed by atoms with Crippen LogP contribution >= 0.6 is 15.4 Å². The monoisotopic (exact) mass is 894 g/mol. The van der Waals surface area contributed by atoms with Crippen LogP contribution in [-0.4, -0.2) is 133 Å². The van der Waals surface area contributed by atoms with Gasteiger partial charge in [-0.15, -0.1) is 0 Å². The van der Waals surface area contributed by atoms with Crippen LogP contribution in [-0.2, 0) is 48.5 Å². The highest BCUT2D eigenvalue weighted by molar-refractivity contribution is 7.53. The third-order valence-corrected chi connectivity index (χ3v) is 12.3. The number of nitrogens with two attached hydrogens (primary N) is 2. The summed E-state index contributed by atoms with van der Waals surface area (Å²) in [5, 5.41) is 26.4. The number of imidazole rings is 1. The molecule has 3 aromatic heterocycles. The van der Waals surface area contributed by atoms with Crippen molar-refractivity contribution in [2.75, 3.05) is 31.2 Å². The van der Waals surface area contributed by atoms with Gasteiger partial charge in [0.2, 0.25) is 0 Å². The Kier molecular flexibility index (Phi) is 12.4. The minimum absolute atomic E-state index is 0.0209. The van der Waals surface area contributed by atoms with Crippen molar-refractivity contribution < 1.29 is 71.6 Å². The van der Waals surface area contributed by atoms with E-state index in [1.807, 2.05) is 0 Å². The highest BCUT2D eigenvalue weighted by Crippen LogP contribution is 2.56. The number of carbonyl (C=O) groups is 2. The molecule has 3 aliphatic rings. The minimum atomic E-state index is -5.27. The summed E-state index contributed by atoms with van der Waals surface area (Å²) >= 11 is 0. The number of rotatable bonds is 14. The molecule has 1 unspecified atom stereocenters. The lowest BCUT2D eigenvalue weighted by Gasteiger charge is -2.38. The van der Waals surface area contributed by atoms with E-state index in [0.29, 0.717) is 11.3 Å². The Hall–Kier alpha value is -5.60. The lowest BCUT2D eigenvalue weighted by atomic mass is 10.0. The molecular weight excluding hydrogens is 858 g/mol. The molecule has 0 aliphatic carbocycles. The Morgan fingerprint density at radius 2 is 1.67 bits per heavy atom. The molecule has 7 rings (SSSR count). The number of phosphoric acid groups is 1. The van der Waals surface area contributed by atoms with E-state index in [9.17, 15) is 48.4 Å². The van der Waals surface area contributed by atoms with Gasteiger partial charge in [0.05, 0.1) is 19.5 Å². The van der Waals surface area contributed by atoms with Crippen molar-refractivity contribution in [3.63, 3.8) is 0 Å². The number of nitrogen functional groups attached to an aromatic ring is 2. The molecule has 1 amide bonds. The average molecular weight is 895 g/mol. The van der Waals surface area contributed by atoms with Gasteiger partial charge in [-0.05, 0) is 23.6 Å². The smallest absolute Gasteiger partial charge is 0.455 e. The maximum atomic E-state index is 14.0. The number of likely N-dealkylation sites (tertiary alicyclic amines) is 1. The first-order valence-corrected chi connectivity index (χ1v) is 21.0. The Morgan fingerprint density at radius 1 is 0.967 bits per heavy atom. The molecule has 6 heterocycles. The molecule has 9 N–H and O–H groups in total. The molecule has 61 heavy (non-hydrogen) atoms. The number of aromatic nitrogens is 6. The number of ether oxygens (including phenoxy) is 4. The van der Waals surface area contributed by atoms with Gasteiger partial charge < -0.3 is 59.8 Å². The minimum Gasteiger partial charge on any atom is -0.455 e. The number of esters is 1. The normalized spacial score (nSPS) is 27.2. The number of hydrogen-bond donors (Lipinski definition) is 7. The summed E-state index contributed by atoms with van der Waals surface area (Å²) in [6.45, 7) is -2.13. The molecule has 1 aromatic carbocycles. The Bertz CT molecular complexity index is 2500. The summed E-state index contributed by atoms with van der Waals surface area (Å²) in [6, 6.07) is 6.14. The Morgan fingerprint density at radius 3 is 2.34 bits per heavy atom. The van der Waals surface area contributed by atoms with Crippen molar-refractivity contribution in [1.82, 2.24) is 34.0 Å². The number of aliphatic hydroxyl groups excluding tert-OH is 2. The second-order valence-electron chi connectivity index (χ2n) is 13.7. The largest absolute Gasteiger partial charge is 0.469 e. The van der Waals surface area contributed by atoms with E-state index < -0.39 is 101 Å². The van der Waals surface area contributed by atoms with Gasteiger partial charge in [-0.2, -0.15) is 4.98 Å². The van der Waals surface area contributed by atoms with Crippen LogP contribution in [0.1, 0.15) is 24.4 Å². The first kappa shape index (κ1) is 43.5. The first-order chi connectivity index (χ1) is 29.0. The van der Waals surface area contributed by atoms with Crippen molar-refractivity contribution >= 4 is 56.0 Å². The highest BCUT2D eigenvalue weighted by Gasteiger charge is 2.57. The number of nitrogens with zero attached hydrogens (tertiary/aromatic N) is 10. The van der Waals surface area contributed by atoms with E-state index in [0.717, 1.165) is 28.1 Å². The van der Waals surface area contributed by atoms with Crippen LogP contribution in [0, 0.1) is 0 Å². The Labute approximate surface area is 340 Å². The van der Waals surface area contributed by atoms with Crippen LogP contribution in [0.25, 0.3) is 21.6 Å². The van der Waals surface area contributed by atoms with Gasteiger partial charge in [0.15, 0.2) is 30.0 Å². The molecule has 3 saturated heterocycles. The van der Waals surface area contributed by atoms with Gasteiger partial charge in [0.1, 0.15) is 60.4 Å². The van der Waals surface area contributed by atoms with Crippen molar-refractivity contribution in [2.45, 2.75) is 67.7 Å². The quantitative estimate of drug-likeness (QED) is 0.0281. The lowest BCUT2D eigenvalue weighted by Crippen LogP contribution is -2.57. The van der Waals surface area contributed by atoms with E-state index in [1.165, 1.54) is 23.0 Å². The van der Waals surface area contributed by atoms with Gasteiger partial charge in [-0.3, -0.25) is 23.1 Å². The summed E-state index contributed by atoms with van der Waals surface area (Å²) in [6.07, 6.45) is -9.51. The molecule has 10 atom stereocenters. The predicted octanol–water partition coefficient (Wildman–Crippen LogP) is -0.291. The number of aliphatic hydroxyl groups is 2. The van der Waals surface area contributed by atoms with Gasteiger partial charge in [-0.25, -0.2) is 33.9 Å². The number of benzene rings is 1. The standard InChI is InChI=1S/C31H36N12O16P2/c32-19-6-8-42(30(47)38-19)28-22(45)24(18(58-28)11-56-61(51,52)53)60(49,50)55-10-17-23(21(44)27(57-17)43-13-37-20-25(33)35-12-36-26(20)43)59-29(46)16-5-7-41(16)31(48)54-9-14-1-3-15(4-2-14)39-40-34/h1-4,6,8,12-13,16-18,21-24,27-28,44-45H,5,7,9-11H2,(H,49,50)(H2,32,38,47)(H2,33,35,36)(H2,51,52,53)/t16-,17+,18+,21+,22+,23+,24+,27+,28+/m0/s1. The maximum Gasteiger partial charge on any atom is 0.469 e. The molecule has 0 radical (unpaired) electrons. The van der Waals surface area contributed by atoms with Crippen LogP contribution in [0.4, 0.5) is 22.1 Å². The van der Waals surface area contributed by atoms with Crippen LogP contribution < -0.4 is 17.2 Å². The van der Waals surface area contributed by atoms with Crippen LogP contribution in [0.5, 0.6) is 0 Å². The fraction of sp³-hybridized carbons (Fsp3) is 0.452. The summed E-state index contributed by atoms with van der Waals surface area (Å²) in [7, 11) is -10.5. The van der Waals surface area contributed by atoms with E-state index in [4.69, 9.17) is 40.5 Å². The number of amides is 1. The fourth-order valence-electron chi connectivity index (χ4n) is 6.84. The molecule has 326 valence electrons. The zero-order valence-corrected chi connectivity index (χ0v) is 32.9. The van der Waals surface area contributed by atoms with Crippen LogP contribution in [0.15, 0.2) is 59.1 Å². The first-order valence-electron chi connectivity index (χ1n) is 17.9. The zero-order chi connectivity index (χ0) is 43.8. The van der Waals surface area contributed by atoms with Gasteiger partial charge in [0, 0.05) is 23.3 Å². The molecule has 4 aromatic rings. The summed E-state index contributed by atoms with van der Waals surface area (Å²) in [5.41, 5.74) is 18.1. The van der Waals surface area contributed by atoms with Gasteiger partial charge >= 0.3 is 33.2 Å². The van der Waals surface area contributed by atoms with Crippen LogP contribution in [0.3, 0.4) is 0 Å². The van der Waals surface area contributed by atoms with E-state index in [2.05, 4.69) is 34.5 Å². The van der Waals surface area contributed by atoms with Gasteiger partial charge in [-0.1, -0.05) is 29.4 Å². The topological polar surface area (TPSA) is 407 Å². The van der Waals surface area contributed by atoms with Gasteiger partial charge in [0.25, 0.3) is 0 Å². The molecule has 0 saturated carbocycles. The third kappa shape index (κ3) is 9.20. The number of carbonyl (C=O) groups excluding carboxylic acids is 2. The summed E-state index contributed by atoms with van der Waals surface area (Å²) in [4.78, 5) is 88.7. The molecule has 3 fully saturated rings. The zero-order valence-electron chi connectivity index (χ0n) is 31.1. The number of fused-ring (bicyclic) bond motifs is 1. The SMILES string of the molecule is [N-]=[N+]=Nc1ccc(COC(=O)N2CC[C@H]2C(=O)O[C@H]2[C@@H](O)[C@H](n3cnc4c(N)ncnc43)O[C@@H]2COP(=O)(O)[C@H]2[C@@H](O)[C@H](n3ccc(N)nc3=O)O[C@@H]2COP(=O)(O)O)cc1. The predicted molar refractivity (Wildman–Crippen MR) is 200 cm³/mol. The Balaban J connectivity index is 1.10. The summed E-state index contributed by atoms with van der Waals surface area (Å²) < 4.78 is 60.2. The maximum absolute atomic E-state index is 14.0. The van der Waals surface area contributed by atoms with E-state index >= 15 is 0 Å². The molecule has 0 spiro atoms.